The molecule has 7 heteroatoms. The fourth-order valence-corrected chi connectivity index (χ4v) is 2.77. The third kappa shape index (κ3) is 4.74. The number of rotatable bonds is 5. The highest BCUT2D eigenvalue weighted by molar-refractivity contribution is 6.36. The minimum absolute atomic E-state index is 0.0563. The van der Waals surface area contributed by atoms with Crippen molar-refractivity contribution in [1.82, 2.24) is 0 Å². The number of nitrogens with one attached hydrogen (secondary N) is 1. The summed E-state index contributed by atoms with van der Waals surface area (Å²) in [7, 11) is 0. The van der Waals surface area contributed by atoms with Crippen molar-refractivity contribution >= 4 is 40.8 Å². The molecule has 1 amide bonds. The Kier molecular flexibility index (Phi) is 6.62. The molecule has 0 aliphatic heterocycles. The number of benzene rings is 2. The third-order valence-electron chi connectivity index (χ3n) is 3.72. The largest absolute Gasteiger partial charge is 0.449 e. The van der Waals surface area contributed by atoms with Gasteiger partial charge >= 0.3 is 5.97 Å². The van der Waals surface area contributed by atoms with E-state index in [9.17, 15) is 14.0 Å². The first-order valence-corrected chi connectivity index (χ1v) is 8.71. The van der Waals surface area contributed by atoms with Crippen molar-refractivity contribution in [3.63, 3.8) is 0 Å². The summed E-state index contributed by atoms with van der Waals surface area (Å²) in [4.78, 5) is 24.5. The summed E-state index contributed by atoms with van der Waals surface area (Å²) in [6.45, 7) is 5.43. The molecule has 1 atom stereocenters. The molecule has 0 heterocycles. The normalized spacial score (nSPS) is 12.0. The lowest BCUT2D eigenvalue weighted by Crippen LogP contribution is -2.30. The first kappa shape index (κ1) is 20.2. The standard InChI is InChI=1S/C19H18Cl2FNO3/c1-10(2)12-6-4-5-7-17(12)23-18(24)11(3)26-19(25)13-8-16(22)15(21)9-14(13)20/h4-11H,1-3H3,(H,23,24)/t11-/m1/s1. The van der Waals surface area contributed by atoms with Crippen LogP contribution in [0.2, 0.25) is 10.0 Å². The van der Waals surface area contributed by atoms with E-state index in [0.717, 1.165) is 17.7 Å². The number of hydrogen-bond donors (Lipinski definition) is 1. The molecule has 0 aromatic heterocycles. The maximum Gasteiger partial charge on any atom is 0.340 e. The van der Waals surface area contributed by atoms with Crippen molar-refractivity contribution in [2.24, 2.45) is 0 Å². The third-order valence-corrected chi connectivity index (χ3v) is 4.33. The van der Waals surface area contributed by atoms with Crippen LogP contribution in [-0.2, 0) is 9.53 Å². The molecule has 2 rings (SSSR count). The summed E-state index contributed by atoms with van der Waals surface area (Å²) in [6, 6.07) is 9.35. The lowest BCUT2D eigenvalue weighted by atomic mass is 10.0. The van der Waals surface area contributed by atoms with Gasteiger partial charge in [0.15, 0.2) is 6.10 Å². The number of hydrogen-bond acceptors (Lipinski definition) is 3. The first-order chi connectivity index (χ1) is 12.2. The molecular formula is C19H18Cl2FNO3. The van der Waals surface area contributed by atoms with Gasteiger partial charge in [0.05, 0.1) is 15.6 Å². The van der Waals surface area contributed by atoms with Gasteiger partial charge in [-0.15, -0.1) is 0 Å². The molecule has 2 aromatic carbocycles. The summed E-state index contributed by atoms with van der Waals surface area (Å²) in [5.41, 5.74) is 1.41. The average molecular weight is 398 g/mol. The lowest BCUT2D eigenvalue weighted by molar-refractivity contribution is -0.123. The predicted molar refractivity (Wildman–Crippen MR) is 100 cm³/mol. The van der Waals surface area contributed by atoms with E-state index in [0.29, 0.717) is 5.69 Å². The van der Waals surface area contributed by atoms with Gasteiger partial charge < -0.3 is 10.1 Å². The summed E-state index contributed by atoms with van der Waals surface area (Å²) in [5, 5.41) is 2.48. The number of carbonyl (C=O) groups is 2. The minimum Gasteiger partial charge on any atom is -0.449 e. The van der Waals surface area contributed by atoms with Gasteiger partial charge in [-0.3, -0.25) is 4.79 Å². The Labute approximate surface area is 161 Å². The number of carbonyl (C=O) groups excluding carboxylic acids is 2. The van der Waals surface area contributed by atoms with E-state index in [-0.39, 0.29) is 21.5 Å². The van der Waals surface area contributed by atoms with Crippen LogP contribution in [0.1, 0.15) is 42.6 Å². The second-order valence-corrected chi connectivity index (χ2v) is 6.84. The van der Waals surface area contributed by atoms with Crippen LogP contribution >= 0.6 is 23.2 Å². The Balaban J connectivity index is 2.10. The van der Waals surface area contributed by atoms with Crippen LogP contribution in [0.3, 0.4) is 0 Å². The number of amides is 1. The van der Waals surface area contributed by atoms with Gasteiger partial charge in [-0.05, 0) is 36.6 Å². The Bertz CT molecular complexity index is 840. The molecule has 0 spiro atoms. The van der Waals surface area contributed by atoms with Crippen molar-refractivity contribution in [3.05, 3.63) is 63.4 Å². The van der Waals surface area contributed by atoms with Gasteiger partial charge in [0.25, 0.3) is 5.91 Å². The summed E-state index contributed by atoms with van der Waals surface area (Å²) < 4.78 is 18.6. The van der Waals surface area contributed by atoms with Crippen LogP contribution in [0, 0.1) is 5.82 Å². The Hall–Kier alpha value is -2.11. The summed E-state index contributed by atoms with van der Waals surface area (Å²) in [6.07, 6.45) is -1.10. The Morgan fingerprint density at radius 3 is 2.38 bits per heavy atom. The van der Waals surface area contributed by atoms with Crippen molar-refractivity contribution in [2.75, 3.05) is 5.32 Å². The molecular weight excluding hydrogens is 380 g/mol. The quantitative estimate of drug-likeness (QED) is 0.539. The molecule has 1 N–H and O–H groups in total. The highest BCUT2D eigenvalue weighted by Crippen LogP contribution is 2.26. The Morgan fingerprint density at radius 1 is 1.08 bits per heavy atom. The van der Waals surface area contributed by atoms with Crippen LogP contribution in [0.5, 0.6) is 0 Å². The molecule has 0 radical (unpaired) electrons. The number of esters is 1. The number of ether oxygens (including phenoxy) is 1. The van der Waals surface area contributed by atoms with Gasteiger partial charge in [0, 0.05) is 5.69 Å². The fraction of sp³-hybridized carbons (Fsp3) is 0.263. The second kappa shape index (κ2) is 8.52. The molecule has 0 unspecified atom stereocenters. The second-order valence-electron chi connectivity index (χ2n) is 6.02. The first-order valence-electron chi connectivity index (χ1n) is 7.96. The minimum atomic E-state index is -1.10. The van der Waals surface area contributed by atoms with Crippen molar-refractivity contribution in [2.45, 2.75) is 32.8 Å². The van der Waals surface area contributed by atoms with Crippen molar-refractivity contribution < 1.29 is 18.7 Å². The van der Waals surface area contributed by atoms with E-state index in [2.05, 4.69) is 5.32 Å². The van der Waals surface area contributed by atoms with Crippen LogP contribution in [0.25, 0.3) is 0 Å². The van der Waals surface area contributed by atoms with E-state index in [1.165, 1.54) is 6.92 Å². The lowest BCUT2D eigenvalue weighted by Gasteiger charge is -2.17. The number of anilines is 1. The van der Waals surface area contributed by atoms with Gasteiger partial charge in [-0.1, -0.05) is 55.2 Å². The zero-order valence-electron chi connectivity index (χ0n) is 14.5. The van der Waals surface area contributed by atoms with Gasteiger partial charge in [0.1, 0.15) is 5.82 Å². The van der Waals surface area contributed by atoms with E-state index in [4.69, 9.17) is 27.9 Å². The maximum atomic E-state index is 13.5. The highest BCUT2D eigenvalue weighted by atomic mass is 35.5. The number of halogens is 3. The molecule has 2 aromatic rings. The van der Waals surface area contributed by atoms with E-state index in [1.54, 1.807) is 12.1 Å². The molecule has 0 saturated heterocycles. The highest BCUT2D eigenvalue weighted by Gasteiger charge is 2.22. The zero-order valence-corrected chi connectivity index (χ0v) is 16.0. The molecule has 26 heavy (non-hydrogen) atoms. The summed E-state index contributed by atoms with van der Waals surface area (Å²) >= 11 is 11.5. The van der Waals surface area contributed by atoms with Gasteiger partial charge in [-0.25, -0.2) is 9.18 Å². The van der Waals surface area contributed by atoms with Crippen LogP contribution < -0.4 is 5.32 Å². The maximum absolute atomic E-state index is 13.5. The number of para-hydroxylation sites is 1. The molecule has 0 aliphatic carbocycles. The average Bonchev–Trinajstić information content (AvgIpc) is 2.58. The van der Waals surface area contributed by atoms with E-state index >= 15 is 0 Å². The molecule has 4 nitrogen and oxygen atoms in total. The van der Waals surface area contributed by atoms with Crippen LogP contribution in [0.4, 0.5) is 10.1 Å². The SMILES string of the molecule is CC(C)c1ccccc1NC(=O)[C@@H](C)OC(=O)c1cc(F)c(Cl)cc1Cl. The molecule has 0 fully saturated rings. The predicted octanol–water partition coefficient (Wildman–Crippen LogP) is 5.44. The van der Waals surface area contributed by atoms with E-state index in [1.807, 2.05) is 26.0 Å². The Morgan fingerprint density at radius 2 is 1.73 bits per heavy atom. The van der Waals surface area contributed by atoms with E-state index < -0.39 is 23.8 Å². The van der Waals surface area contributed by atoms with Gasteiger partial charge in [0.2, 0.25) is 0 Å². The topological polar surface area (TPSA) is 55.4 Å². The van der Waals surface area contributed by atoms with Crippen LogP contribution in [0.15, 0.2) is 36.4 Å². The molecule has 0 bridgehead atoms. The monoisotopic (exact) mass is 397 g/mol. The molecule has 0 aliphatic rings. The zero-order chi connectivity index (χ0) is 19.4. The van der Waals surface area contributed by atoms with Gasteiger partial charge in [-0.2, -0.15) is 0 Å². The smallest absolute Gasteiger partial charge is 0.340 e. The van der Waals surface area contributed by atoms with Crippen molar-refractivity contribution in [3.8, 4) is 0 Å². The van der Waals surface area contributed by atoms with Crippen molar-refractivity contribution in [1.29, 1.82) is 0 Å². The summed E-state index contributed by atoms with van der Waals surface area (Å²) in [5.74, 6) is -2.01. The molecule has 138 valence electrons. The fourth-order valence-electron chi connectivity index (χ4n) is 2.31. The molecule has 0 saturated carbocycles. The van der Waals surface area contributed by atoms with Crippen LogP contribution in [-0.4, -0.2) is 18.0 Å².